The summed E-state index contributed by atoms with van der Waals surface area (Å²) in [7, 11) is 0. The zero-order chi connectivity index (χ0) is 22.1. The zero-order valence-electron chi connectivity index (χ0n) is 17.5. The fraction of sp³-hybridized carbons (Fsp3) is 0.120. The molecule has 7 nitrogen and oxygen atoms in total. The van der Waals surface area contributed by atoms with Crippen LogP contribution < -0.4 is 10.2 Å². The average Bonchev–Trinajstić information content (AvgIpc) is 3.18. The van der Waals surface area contributed by atoms with Crippen molar-refractivity contribution in [1.29, 1.82) is 0 Å². The second-order valence-corrected chi connectivity index (χ2v) is 7.67. The molecule has 4 heterocycles. The summed E-state index contributed by atoms with van der Waals surface area (Å²) >= 11 is 0. The van der Waals surface area contributed by atoms with Crippen molar-refractivity contribution < 1.29 is 9.59 Å². The molecule has 0 aliphatic carbocycles. The molecule has 1 aliphatic rings. The molecule has 0 saturated heterocycles. The summed E-state index contributed by atoms with van der Waals surface area (Å²) in [5.41, 5.74) is 4.56. The van der Waals surface area contributed by atoms with Crippen LogP contribution >= 0.6 is 0 Å². The topological polar surface area (TPSA) is 80.1 Å². The van der Waals surface area contributed by atoms with E-state index in [-0.39, 0.29) is 11.8 Å². The van der Waals surface area contributed by atoms with Crippen LogP contribution in [0.25, 0.3) is 0 Å². The Labute approximate surface area is 185 Å². The third-order valence-electron chi connectivity index (χ3n) is 5.61. The maximum atomic E-state index is 13.6. The van der Waals surface area contributed by atoms with Crippen molar-refractivity contribution in [1.82, 2.24) is 14.5 Å². The van der Waals surface area contributed by atoms with Crippen LogP contribution in [-0.4, -0.2) is 26.3 Å². The van der Waals surface area contributed by atoms with Gasteiger partial charge in [0.15, 0.2) is 0 Å². The van der Waals surface area contributed by atoms with Crippen molar-refractivity contribution in [2.24, 2.45) is 0 Å². The van der Waals surface area contributed by atoms with E-state index in [2.05, 4.69) is 19.9 Å². The van der Waals surface area contributed by atoms with Crippen molar-refractivity contribution in [2.45, 2.75) is 20.0 Å². The fourth-order valence-electron chi connectivity index (χ4n) is 3.96. The molecule has 5 rings (SSSR count). The largest absolute Gasteiger partial charge is 0.345 e. The molecule has 32 heavy (non-hydrogen) atoms. The van der Waals surface area contributed by atoms with Gasteiger partial charge in [-0.2, -0.15) is 0 Å². The number of hydrogen-bond donors (Lipinski definition) is 1. The average molecular weight is 423 g/mol. The molecule has 1 aliphatic heterocycles. The molecular weight excluding hydrogens is 402 g/mol. The Hall–Kier alpha value is -4.26. The highest BCUT2D eigenvalue weighted by atomic mass is 16.2. The molecule has 0 atom stereocenters. The molecule has 3 aromatic heterocycles. The van der Waals surface area contributed by atoms with E-state index in [1.54, 1.807) is 42.3 Å². The predicted molar refractivity (Wildman–Crippen MR) is 122 cm³/mol. The molecule has 0 unspecified atom stereocenters. The lowest BCUT2D eigenvalue weighted by Crippen LogP contribution is -2.30. The normalized spacial score (nSPS) is 12.5. The van der Waals surface area contributed by atoms with Gasteiger partial charge >= 0.3 is 0 Å². The number of aromatic nitrogens is 3. The number of rotatable bonds is 3. The Morgan fingerprint density at radius 2 is 1.81 bits per heavy atom. The summed E-state index contributed by atoms with van der Waals surface area (Å²) in [5.74, 6) is -0.149. The van der Waals surface area contributed by atoms with Crippen LogP contribution in [0.2, 0.25) is 0 Å². The Morgan fingerprint density at radius 3 is 2.69 bits per heavy atom. The molecule has 158 valence electrons. The van der Waals surface area contributed by atoms with Crippen LogP contribution in [-0.2, 0) is 13.1 Å². The van der Waals surface area contributed by atoms with Crippen molar-refractivity contribution in [2.75, 3.05) is 10.2 Å². The molecule has 1 N–H and O–H groups in total. The molecule has 2 amide bonds. The van der Waals surface area contributed by atoms with Gasteiger partial charge in [-0.1, -0.05) is 18.2 Å². The van der Waals surface area contributed by atoms with Gasteiger partial charge in [-0.05, 0) is 55.0 Å². The Bertz CT molecular complexity index is 1330. The molecule has 7 heteroatoms. The summed E-state index contributed by atoms with van der Waals surface area (Å²) in [6.45, 7) is 2.95. The molecular formula is C25H21N5O2. The van der Waals surface area contributed by atoms with Gasteiger partial charge in [0.2, 0.25) is 0 Å². The van der Waals surface area contributed by atoms with Crippen LogP contribution in [0.4, 0.5) is 11.5 Å². The molecule has 0 fully saturated rings. The summed E-state index contributed by atoms with van der Waals surface area (Å²) in [6, 6.07) is 18.6. The SMILES string of the molecule is Cc1ncccc1C(=O)Nc1cc(C(=O)N2Cc3cccn3Cc3ccccc32)ccn1. The number of hydrogen-bond acceptors (Lipinski definition) is 4. The van der Waals surface area contributed by atoms with E-state index < -0.39 is 0 Å². The number of carbonyl (C=O) groups excluding carboxylic acids is 2. The third kappa shape index (κ3) is 3.65. The van der Waals surface area contributed by atoms with Gasteiger partial charge in [0.25, 0.3) is 11.8 Å². The van der Waals surface area contributed by atoms with Crippen LogP contribution in [0.15, 0.2) is 79.3 Å². The monoisotopic (exact) mass is 423 g/mol. The van der Waals surface area contributed by atoms with E-state index in [0.717, 1.165) is 16.9 Å². The van der Waals surface area contributed by atoms with E-state index in [9.17, 15) is 9.59 Å². The lowest BCUT2D eigenvalue weighted by Gasteiger charge is -2.23. The minimum Gasteiger partial charge on any atom is -0.345 e. The predicted octanol–water partition coefficient (Wildman–Crippen LogP) is 4.05. The fourth-order valence-corrected chi connectivity index (χ4v) is 3.96. The number of carbonyl (C=O) groups is 2. The number of benzene rings is 1. The molecule has 0 radical (unpaired) electrons. The summed E-state index contributed by atoms with van der Waals surface area (Å²) < 4.78 is 2.15. The lowest BCUT2D eigenvalue weighted by atomic mass is 10.1. The summed E-state index contributed by atoms with van der Waals surface area (Å²) in [5, 5.41) is 2.78. The Morgan fingerprint density at radius 1 is 0.938 bits per heavy atom. The minimum atomic E-state index is -0.314. The molecule has 0 bridgehead atoms. The molecule has 0 spiro atoms. The maximum absolute atomic E-state index is 13.6. The van der Waals surface area contributed by atoms with Crippen molar-refractivity contribution in [3.8, 4) is 0 Å². The Kier molecular flexibility index (Phi) is 4.99. The van der Waals surface area contributed by atoms with Gasteiger partial charge in [0.05, 0.1) is 12.1 Å². The van der Waals surface area contributed by atoms with Crippen molar-refractivity contribution in [3.05, 3.63) is 107 Å². The standard InChI is InChI=1S/C25H21N5O2/c1-17-21(8-4-11-26-17)24(31)28-23-14-18(10-12-27-23)25(32)30-16-20-7-5-13-29(20)15-19-6-2-3-9-22(19)30/h2-14H,15-16H2,1H3,(H,27,28,31). The number of amides is 2. The van der Waals surface area contributed by atoms with E-state index in [1.165, 1.54) is 6.20 Å². The van der Waals surface area contributed by atoms with Crippen molar-refractivity contribution in [3.63, 3.8) is 0 Å². The number of aryl methyl sites for hydroxylation is 1. The second-order valence-electron chi connectivity index (χ2n) is 7.67. The van der Waals surface area contributed by atoms with Gasteiger partial charge in [0.1, 0.15) is 5.82 Å². The third-order valence-corrected chi connectivity index (χ3v) is 5.61. The number of nitrogens with one attached hydrogen (secondary N) is 1. The van der Waals surface area contributed by atoms with Crippen molar-refractivity contribution >= 4 is 23.3 Å². The van der Waals surface area contributed by atoms with Gasteiger partial charge in [0, 0.05) is 47.8 Å². The summed E-state index contributed by atoms with van der Waals surface area (Å²) in [4.78, 5) is 36.4. The zero-order valence-corrected chi connectivity index (χ0v) is 17.5. The molecule has 0 saturated carbocycles. The van der Waals surface area contributed by atoms with Gasteiger partial charge in [-0.3, -0.25) is 14.6 Å². The van der Waals surface area contributed by atoms with Crippen LogP contribution in [0.1, 0.15) is 37.7 Å². The first-order valence-electron chi connectivity index (χ1n) is 10.3. The van der Waals surface area contributed by atoms with Gasteiger partial charge in [-0.25, -0.2) is 4.98 Å². The number of nitrogens with zero attached hydrogens (tertiary/aromatic N) is 4. The van der Waals surface area contributed by atoms with E-state index in [1.807, 2.05) is 42.6 Å². The van der Waals surface area contributed by atoms with E-state index in [0.29, 0.717) is 35.7 Å². The van der Waals surface area contributed by atoms with Gasteiger partial charge < -0.3 is 14.8 Å². The smallest absolute Gasteiger partial charge is 0.258 e. The first kappa shape index (κ1) is 19.7. The lowest BCUT2D eigenvalue weighted by molar-refractivity contribution is 0.0982. The summed E-state index contributed by atoms with van der Waals surface area (Å²) in [6.07, 6.45) is 5.20. The number of fused-ring (bicyclic) bond motifs is 2. The number of para-hydroxylation sites is 1. The van der Waals surface area contributed by atoms with Crippen LogP contribution in [0.5, 0.6) is 0 Å². The highest BCUT2D eigenvalue weighted by molar-refractivity contribution is 6.08. The highest BCUT2D eigenvalue weighted by Crippen LogP contribution is 2.29. The first-order chi connectivity index (χ1) is 15.6. The van der Waals surface area contributed by atoms with Gasteiger partial charge in [-0.15, -0.1) is 0 Å². The maximum Gasteiger partial charge on any atom is 0.258 e. The van der Waals surface area contributed by atoms with E-state index in [4.69, 9.17) is 0 Å². The minimum absolute atomic E-state index is 0.150. The number of anilines is 2. The molecule has 4 aromatic rings. The van der Waals surface area contributed by atoms with Crippen LogP contribution in [0, 0.1) is 6.92 Å². The quantitative estimate of drug-likeness (QED) is 0.539. The highest BCUT2D eigenvalue weighted by Gasteiger charge is 2.25. The van der Waals surface area contributed by atoms with E-state index >= 15 is 0 Å². The number of pyridine rings is 2. The first-order valence-corrected chi connectivity index (χ1v) is 10.3. The molecule has 1 aromatic carbocycles. The van der Waals surface area contributed by atoms with Crippen LogP contribution in [0.3, 0.4) is 0 Å². The Balaban J connectivity index is 1.45. The second kappa shape index (κ2) is 8.11.